The first-order chi connectivity index (χ1) is 12.4. The van der Waals surface area contributed by atoms with Crippen molar-refractivity contribution in [2.45, 2.75) is 19.9 Å². The Morgan fingerprint density at radius 2 is 1.81 bits per heavy atom. The van der Waals surface area contributed by atoms with E-state index < -0.39 is 12.0 Å². The number of urea groups is 1. The van der Waals surface area contributed by atoms with Crippen LogP contribution in [0.3, 0.4) is 0 Å². The lowest BCUT2D eigenvalue weighted by Crippen LogP contribution is -2.46. The van der Waals surface area contributed by atoms with Crippen LogP contribution in [-0.2, 0) is 9.53 Å². The molecule has 0 aromatic heterocycles. The third kappa shape index (κ3) is 3.26. The fraction of sp³-hybridized carbons (Fsp3) is 0.444. The molecule has 0 spiro atoms. The molecule has 1 atom stereocenters. The molecule has 0 fully saturated rings. The summed E-state index contributed by atoms with van der Waals surface area (Å²) in [7, 11) is 6.08. The first-order valence-electron chi connectivity index (χ1n) is 8.12. The first kappa shape index (κ1) is 19.4. The first-order valence-corrected chi connectivity index (χ1v) is 8.12. The fourth-order valence-electron chi connectivity index (χ4n) is 2.89. The van der Waals surface area contributed by atoms with Crippen LogP contribution in [0.4, 0.5) is 4.79 Å². The molecule has 0 saturated heterocycles. The van der Waals surface area contributed by atoms with Crippen LogP contribution in [0.15, 0.2) is 23.4 Å². The Labute approximate surface area is 152 Å². The summed E-state index contributed by atoms with van der Waals surface area (Å²) in [5, 5.41) is 2.82. The predicted molar refractivity (Wildman–Crippen MR) is 94.5 cm³/mol. The minimum atomic E-state index is -0.743. The van der Waals surface area contributed by atoms with Gasteiger partial charge in [0.25, 0.3) is 0 Å². The van der Waals surface area contributed by atoms with E-state index in [4.69, 9.17) is 18.9 Å². The molecule has 2 amide bonds. The quantitative estimate of drug-likeness (QED) is 0.779. The van der Waals surface area contributed by atoms with Gasteiger partial charge in [0, 0.05) is 18.3 Å². The van der Waals surface area contributed by atoms with Gasteiger partial charge in [-0.05, 0) is 26.0 Å². The van der Waals surface area contributed by atoms with E-state index in [2.05, 4.69) is 5.32 Å². The smallest absolute Gasteiger partial charge is 0.338 e. The van der Waals surface area contributed by atoms with Gasteiger partial charge in [0.1, 0.15) is 0 Å². The van der Waals surface area contributed by atoms with Gasteiger partial charge in [-0.15, -0.1) is 0 Å². The average Bonchev–Trinajstić information content (AvgIpc) is 2.64. The summed E-state index contributed by atoms with van der Waals surface area (Å²) in [5.74, 6) is 0.724. The molecule has 26 heavy (non-hydrogen) atoms. The van der Waals surface area contributed by atoms with Gasteiger partial charge in [-0.2, -0.15) is 0 Å². The van der Waals surface area contributed by atoms with Gasteiger partial charge in [0.2, 0.25) is 5.75 Å². The van der Waals surface area contributed by atoms with Crippen molar-refractivity contribution in [2.24, 2.45) is 0 Å². The Bertz CT molecular complexity index is 743. The van der Waals surface area contributed by atoms with E-state index in [-0.39, 0.29) is 12.6 Å². The molecule has 2 rings (SSSR count). The third-order valence-corrected chi connectivity index (χ3v) is 4.30. The molecule has 142 valence electrons. The van der Waals surface area contributed by atoms with E-state index >= 15 is 0 Å². The topological polar surface area (TPSA) is 86.3 Å². The van der Waals surface area contributed by atoms with Gasteiger partial charge in [0.05, 0.1) is 39.6 Å². The summed E-state index contributed by atoms with van der Waals surface area (Å²) in [6, 6.07) is 2.34. The van der Waals surface area contributed by atoms with Crippen LogP contribution in [0, 0.1) is 0 Å². The summed E-state index contributed by atoms with van der Waals surface area (Å²) in [5.41, 5.74) is 1.41. The minimum Gasteiger partial charge on any atom is -0.493 e. The van der Waals surface area contributed by atoms with Crippen LogP contribution < -0.4 is 19.5 Å². The second-order valence-electron chi connectivity index (χ2n) is 5.58. The van der Waals surface area contributed by atoms with Crippen molar-refractivity contribution in [3.63, 3.8) is 0 Å². The van der Waals surface area contributed by atoms with Gasteiger partial charge < -0.3 is 29.2 Å². The molecule has 8 heteroatoms. The zero-order valence-electron chi connectivity index (χ0n) is 15.8. The molecular formula is C18H24N2O6. The van der Waals surface area contributed by atoms with E-state index in [0.717, 1.165) is 0 Å². The third-order valence-electron chi connectivity index (χ3n) is 4.30. The highest BCUT2D eigenvalue weighted by molar-refractivity contribution is 5.95. The summed E-state index contributed by atoms with van der Waals surface area (Å²) in [6.45, 7) is 3.65. The normalized spacial score (nSPS) is 16.9. The number of methoxy groups -OCH3 is 3. The predicted octanol–water partition coefficient (Wildman–Crippen LogP) is 2.25. The fourth-order valence-corrected chi connectivity index (χ4v) is 2.89. The van der Waals surface area contributed by atoms with Crippen molar-refractivity contribution < 1.29 is 28.5 Å². The van der Waals surface area contributed by atoms with Crippen molar-refractivity contribution in [3.8, 4) is 17.2 Å². The van der Waals surface area contributed by atoms with E-state index in [1.165, 1.54) is 26.2 Å². The number of benzene rings is 1. The molecule has 1 aromatic carbocycles. The van der Waals surface area contributed by atoms with Crippen molar-refractivity contribution in [1.82, 2.24) is 10.2 Å². The average molecular weight is 364 g/mol. The number of carbonyl (C=O) groups is 2. The second-order valence-corrected chi connectivity index (χ2v) is 5.58. The highest BCUT2D eigenvalue weighted by Crippen LogP contribution is 2.44. The zero-order valence-corrected chi connectivity index (χ0v) is 15.8. The number of rotatable bonds is 6. The molecule has 0 aliphatic carbocycles. The highest BCUT2D eigenvalue weighted by Gasteiger charge is 2.37. The Morgan fingerprint density at radius 1 is 1.15 bits per heavy atom. The number of nitrogens with zero attached hydrogens (tertiary/aromatic N) is 1. The Morgan fingerprint density at radius 3 is 2.35 bits per heavy atom. The maximum atomic E-state index is 12.6. The standard InChI is InChI=1S/C18H24N2O6/c1-7-26-17(21)13-10(2)20(3)18(22)19-14(13)11-8-9-12(23-4)16(25-6)15(11)24-5/h8-9,14H,7H2,1-6H3,(H,19,22)/t14-/m1/s1. The molecule has 0 radical (unpaired) electrons. The number of allylic oxidation sites excluding steroid dienone is 1. The van der Waals surface area contributed by atoms with E-state index in [1.807, 2.05) is 0 Å². The van der Waals surface area contributed by atoms with Gasteiger partial charge in [-0.1, -0.05) is 0 Å². The van der Waals surface area contributed by atoms with Crippen LogP contribution in [0.5, 0.6) is 17.2 Å². The Hall–Kier alpha value is -2.90. The van der Waals surface area contributed by atoms with Crippen LogP contribution >= 0.6 is 0 Å². The van der Waals surface area contributed by atoms with E-state index in [0.29, 0.717) is 34.1 Å². The zero-order chi connectivity index (χ0) is 19.4. The molecule has 1 N–H and O–H groups in total. The van der Waals surface area contributed by atoms with Gasteiger partial charge in [-0.3, -0.25) is 0 Å². The lowest BCUT2D eigenvalue weighted by Gasteiger charge is -2.34. The monoisotopic (exact) mass is 364 g/mol. The van der Waals surface area contributed by atoms with Crippen LogP contribution in [0.25, 0.3) is 0 Å². The van der Waals surface area contributed by atoms with Crippen molar-refractivity contribution in [2.75, 3.05) is 35.0 Å². The highest BCUT2D eigenvalue weighted by atomic mass is 16.5. The van der Waals surface area contributed by atoms with Gasteiger partial charge in [0.15, 0.2) is 11.5 Å². The number of amides is 2. The summed E-state index contributed by atoms with van der Waals surface area (Å²) < 4.78 is 21.4. The van der Waals surface area contributed by atoms with Crippen molar-refractivity contribution >= 4 is 12.0 Å². The molecule has 1 aliphatic rings. The maximum Gasteiger partial charge on any atom is 0.338 e. The van der Waals surface area contributed by atoms with Crippen molar-refractivity contribution in [1.29, 1.82) is 0 Å². The number of hydrogen-bond acceptors (Lipinski definition) is 6. The summed E-state index contributed by atoms with van der Waals surface area (Å²) in [4.78, 5) is 26.3. The number of carbonyl (C=O) groups excluding carboxylic acids is 2. The SMILES string of the molecule is CCOC(=O)C1=C(C)N(C)C(=O)N[C@@H]1c1ccc(OC)c(OC)c1OC. The molecule has 0 bridgehead atoms. The number of ether oxygens (including phenoxy) is 4. The maximum absolute atomic E-state index is 12.6. The minimum absolute atomic E-state index is 0.225. The number of hydrogen-bond donors (Lipinski definition) is 1. The van der Waals surface area contributed by atoms with Gasteiger partial charge >= 0.3 is 12.0 Å². The summed E-state index contributed by atoms with van der Waals surface area (Å²) >= 11 is 0. The molecule has 1 heterocycles. The molecule has 1 aromatic rings. The van der Waals surface area contributed by atoms with Crippen LogP contribution in [-0.4, -0.2) is 51.9 Å². The largest absolute Gasteiger partial charge is 0.493 e. The van der Waals surface area contributed by atoms with Crippen molar-refractivity contribution in [3.05, 3.63) is 29.0 Å². The Kier molecular flexibility index (Phi) is 5.97. The van der Waals surface area contributed by atoms with Crippen LogP contribution in [0.2, 0.25) is 0 Å². The number of esters is 1. The van der Waals surface area contributed by atoms with E-state index in [1.54, 1.807) is 33.0 Å². The molecule has 0 saturated carbocycles. The lowest BCUT2D eigenvalue weighted by atomic mass is 9.93. The number of nitrogens with one attached hydrogen (secondary N) is 1. The molecular weight excluding hydrogens is 340 g/mol. The molecule has 1 aliphatic heterocycles. The van der Waals surface area contributed by atoms with Crippen LogP contribution in [0.1, 0.15) is 25.5 Å². The lowest BCUT2D eigenvalue weighted by molar-refractivity contribution is -0.139. The molecule has 0 unspecified atom stereocenters. The molecule has 8 nitrogen and oxygen atoms in total. The van der Waals surface area contributed by atoms with E-state index in [9.17, 15) is 9.59 Å². The summed E-state index contributed by atoms with van der Waals surface area (Å²) in [6.07, 6.45) is 0. The van der Waals surface area contributed by atoms with Gasteiger partial charge in [-0.25, -0.2) is 9.59 Å². The second kappa shape index (κ2) is 7.99. The Balaban J connectivity index is 2.68.